The molecular weight excluding hydrogens is 686 g/mol. The van der Waals surface area contributed by atoms with Crippen LogP contribution in [0.1, 0.15) is 119 Å². The molecular formula is C39H66FN5O6S. The summed E-state index contributed by atoms with van der Waals surface area (Å²) in [5.74, 6) is 1.96. The maximum absolute atomic E-state index is 13.7. The number of amides is 1. The molecule has 0 aromatic carbocycles. The van der Waals surface area contributed by atoms with Crippen LogP contribution in [0, 0.1) is 19.3 Å². The molecule has 3 heterocycles. The number of allylic oxidation sites excluding steroid dienone is 4. The molecule has 1 aliphatic carbocycles. The normalized spacial score (nSPS) is 17.3. The van der Waals surface area contributed by atoms with Crippen molar-refractivity contribution in [1.82, 2.24) is 15.0 Å². The number of hydrogen-bond donors (Lipinski definition) is 1. The van der Waals surface area contributed by atoms with Crippen LogP contribution >= 0.6 is 0 Å². The highest BCUT2D eigenvalue weighted by Crippen LogP contribution is 2.40. The third-order valence-corrected chi connectivity index (χ3v) is 9.37. The van der Waals surface area contributed by atoms with E-state index in [9.17, 15) is 17.6 Å². The van der Waals surface area contributed by atoms with Gasteiger partial charge < -0.3 is 19.6 Å². The van der Waals surface area contributed by atoms with Crippen molar-refractivity contribution in [1.29, 1.82) is 0 Å². The maximum Gasteiger partial charge on any atom is 0.265 e. The minimum absolute atomic E-state index is 0. The number of likely N-dealkylation sites (N-methyl/N-ethyl adjacent to an activating group) is 1. The molecule has 0 unspecified atom stereocenters. The number of carbonyl (C=O) groups is 1. The summed E-state index contributed by atoms with van der Waals surface area (Å²) in [5, 5.41) is 3.86. The Morgan fingerprint density at radius 3 is 2.12 bits per heavy atom. The van der Waals surface area contributed by atoms with Crippen LogP contribution in [0.15, 0.2) is 67.5 Å². The van der Waals surface area contributed by atoms with Crippen LogP contribution < -0.4 is 4.72 Å². The first-order chi connectivity index (χ1) is 23.8. The number of aliphatic imine (C=N–C) groups is 1. The Kier molecular flexibility index (Phi) is 19.6. The third kappa shape index (κ3) is 12.8. The molecule has 2 aliphatic heterocycles. The molecule has 4 rings (SSSR count). The number of alkyl halides is 1. The smallest absolute Gasteiger partial charge is 0.265 e. The topological polar surface area (TPSA) is 149 Å². The number of amidine groups is 1. The van der Waals surface area contributed by atoms with Gasteiger partial charge in [-0.1, -0.05) is 97.2 Å². The molecule has 3 N–H and O–H groups in total. The molecule has 52 heavy (non-hydrogen) atoms. The number of aromatic nitrogens is 1. The van der Waals surface area contributed by atoms with Crippen LogP contribution in [0.5, 0.6) is 0 Å². The first kappa shape index (κ1) is 48.3. The van der Waals surface area contributed by atoms with Crippen LogP contribution in [-0.2, 0) is 19.6 Å². The maximum atomic E-state index is 13.7. The molecule has 1 amide bonds. The van der Waals surface area contributed by atoms with Gasteiger partial charge in [-0.05, 0) is 57.9 Å². The molecule has 1 aromatic heterocycles. The SMILES string of the molecule is C=C1C(OC)=CC(S(=O)(=O)Nc2noc(C)c2C)=C(/C(C)=C/C=C(\C)CN2C(=O)C3(CCCC3)N=C2CCC)N1C.CC(C)(C)C.CCC.CF.O. The van der Waals surface area contributed by atoms with E-state index in [2.05, 4.69) is 64.9 Å². The summed E-state index contributed by atoms with van der Waals surface area (Å²) >= 11 is 0. The van der Waals surface area contributed by atoms with E-state index in [0.29, 0.717) is 53.2 Å². The van der Waals surface area contributed by atoms with E-state index in [0.717, 1.165) is 49.9 Å². The number of sulfonamides is 1. The number of hydrogen-bond acceptors (Lipinski definition) is 8. The van der Waals surface area contributed by atoms with Gasteiger partial charge in [0.1, 0.15) is 27.8 Å². The van der Waals surface area contributed by atoms with E-state index in [1.807, 2.05) is 30.9 Å². The van der Waals surface area contributed by atoms with Crippen LogP contribution in [0.3, 0.4) is 0 Å². The predicted molar refractivity (Wildman–Crippen MR) is 212 cm³/mol. The van der Waals surface area contributed by atoms with Crippen LogP contribution in [0.4, 0.5) is 10.2 Å². The van der Waals surface area contributed by atoms with Gasteiger partial charge in [0.05, 0.1) is 25.7 Å². The molecule has 296 valence electrons. The summed E-state index contributed by atoms with van der Waals surface area (Å²) in [6.07, 6.45) is 11.9. The lowest BCUT2D eigenvalue weighted by atomic mass is 9.98. The second-order valence-corrected chi connectivity index (χ2v) is 16.4. The number of rotatable bonds is 10. The van der Waals surface area contributed by atoms with Crippen LogP contribution in [-0.4, -0.2) is 74.0 Å². The van der Waals surface area contributed by atoms with Gasteiger partial charge in [0, 0.05) is 31.7 Å². The monoisotopic (exact) mass is 751 g/mol. The Labute approximate surface area is 313 Å². The van der Waals surface area contributed by atoms with Crippen LogP contribution in [0.25, 0.3) is 0 Å². The van der Waals surface area contributed by atoms with Crippen molar-refractivity contribution >= 4 is 27.6 Å². The van der Waals surface area contributed by atoms with E-state index < -0.39 is 15.6 Å². The van der Waals surface area contributed by atoms with Crippen molar-refractivity contribution in [2.75, 3.05) is 32.6 Å². The van der Waals surface area contributed by atoms with Gasteiger partial charge in [-0.3, -0.25) is 23.8 Å². The van der Waals surface area contributed by atoms with E-state index in [1.54, 1.807) is 25.8 Å². The van der Waals surface area contributed by atoms with Crippen molar-refractivity contribution in [2.24, 2.45) is 10.4 Å². The molecule has 11 nitrogen and oxygen atoms in total. The molecule has 3 aliphatic rings. The van der Waals surface area contributed by atoms with Gasteiger partial charge in [-0.15, -0.1) is 0 Å². The molecule has 1 fully saturated rings. The standard InChI is InChI=1S/C30H41N5O5S.C5H12.C3H8.CH3F.H2O/c1-9-12-26-31-30(15-10-11-16-30)29(36)35(26)18-19(2)13-14-20(3)27-25(17-24(39-8)22(5)34(27)7)41(37,38)33-28-21(4)23(6)40-32-28;1-5(2,3)4;1-3-2;1-2;/h13-14,17H,5,9-12,15-16,18H2,1-4,6-8H3,(H,32,33);1-4H3;3H2,1-2H3;1H3;1H2/b19-13+,20-14+;;;;. The number of aryl methyl sites for hydroxylation is 1. The number of anilines is 1. The number of carbonyl (C=O) groups excluding carboxylic acids is 1. The van der Waals surface area contributed by atoms with Crippen molar-refractivity contribution in [2.45, 2.75) is 127 Å². The minimum Gasteiger partial charge on any atom is -0.495 e. The van der Waals surface area contributed by atoms with Crippen molar-refractivity contribution < 1.29 is 32.3 Å². The second-order valence-electron chi connectivity index (χ2n) is 14.7. The largest absolute Gasteiger partial charge is 0.495 e. The van der Waals surface area contributed by atoms with Crippen molar-refractivity contribution in [3.05, 3.63) is 69.3 Å². The van der Waals surface area contributed by atoms with E-state index in [1.165, 1.54) is 19.6 Å². The van der Waals surface area contributed by atoms with Gasteiger partial charge >= 0.3 is 0 Å². The molecule has 1 saturated carbocycles. The zero-order valence-electron chi connectivity index (χ0n) is 34.2. The number of nitrogens with one attached hydrogen (secondary N) is 1. The summed E-state index contributed by atoms with van der Waals surface area (Å²) < 4.78 is 50.0. The fourth-order valence-electron chi connectivity index (χ4n) is 5.51. The van der Waals surface area contributed by atoms with Gasteiger partial charge in [-0.2, -0.15) is 0 Å². The molecule has 0 saturated heterocycles. The molecule has 1 aromatic rings. The van der Waals surface area contributed by atoms with Gasteiger partial charge in [0.2, 0.25) is 0 Å². The third-order valence-electron chi connectivity index (χ3n) is 8.02. The summed E-state index contributed by atoms with van der Waals surface area (Å²) in [4.78, 5) is 21.9. The fraction of sp³-hybridized carbons (Fsp3) is 0.615. The van der Waals surface area contributed by atoms with Gasteiger partial charge in [0.15, 0.2) is 5.82 Å². The zero-order chi connectivity index (χ0) is 39.3. The van der Waals surface area contributed by atoms with Crippen molar-refractivity contribution in [3.63, 3.8) is 0 Å². The minimum atomic E-state index is -4.09. The molecule has 0 radical (unpaired) electrons. The molecule has 1 spiro atoms. The highest BCUT2D eigenvalue weighted by atomic mass is 32.2. The number of ether oxygens (including phenoxy) is 1. The van der Waals surface area contributed by atoms with Gasteiger partial charge in [-0.25, -0.2) is 8.42 Å². The predicted octanol–water partition coefficient (Wildman–Crippen LogP) is 8.71. The first-order valence-electron chi connectivity index (χ1n) is 17.8. The fourth-order valence-corrected chi connectivity index (χ4v) is 6.88. The van der Waals surface area contributed by atoms with Crippen LogP contribution in [0.2, 0.25) is 0 Å². The molecule has 0 bridgehead atoms. The second kappa shape index (κ2) is 21.1. The summed E-state index contributed by atoms with van der Waals surface area (Å²) in [7, 11) is -0.375. The number of methoxy groups -OCH3 is 1. The number of nitrogens with zero attached hydrogens (tertiary/aromatic N) is 4. The van der Waals surface area contributed by atoms with E-state index in [-0.39, 0.29) is 22.1 Å². The zero-order valence-corrected chi connectivity index (χ0v) is 35.0. The summed E-state index contributed by atoms with van der Waals surface area (Å²) in [6.45, 7) is 26.9. The Morgan fingerprint density at radius 2 is 1.65 bits per heavy atom. The quantitative estimate of drug-likeness (QED) is 0.235. The van der Waals surface area contributed by atoms with E-state index in [4.69, 9.17) is 14.3 Å². The Morgan fingerprint density at radius 1 is 1.12 bits per heavy atom. The molecule has 0 atom stereocenters. The Hall–Kier alpha value is -3.71. The lowest BCUT2D eigenvalue weighted by Gasteiger charge is -2.31. The Balaban J connectivity index is 0.00000211. The summed E-state index contributed by atoms with van der Waals surface area (Å²) in [5.41, 5.74) is 3.14. The highest BCUT2D eigenvalue weighted by molar-refractivity contribution is 7.96. The average molecular weight is 752 g/mol. The molecule has 13 heteroatoms. The summed E-state index contributed by atoms with van der Waals surface area (Å²) in [6, 6.07) is 0. The lowest BCUT2D eigenvalue weighted by Crippen LogP contribution is -2.41. The van der Waals surface area contributed by atoms with Crippen molar-refractivity contribution in [3.8, 4) is 0 Å². The first-order valence-corrected chi connectivity index (χ1v) is 19.3. The van der Waals surface area contributed by atoms with Gasteiger partial charge in [0.25, 0.3) is 15.9 Å². The Bertz CT molecular complexity index is 1620. The lowest BCUT2D eigenvalue weighted by molar-refractivity contribution is -0.130. The highest BCUT2D eigenvalue weighted by Gasteiger charge is 2.49. The average Bonchev–Trinajstić information content (AvgIpc) is 3.72. The van der Waals surface area contributed by atoms with E-state index >= 15 is 0 Å². The number of halogens is 1.